The number of nitrogens with zero attached hydrogens (tertiary/aromatic N) is 1. The maximum atomic E-state index is 5.96. The molecule has 2 aromatic rings. The highest BCUT2D eigenvalue weighted by Crippen LogP contribution is 2.22. The van der Waals surface area contributed by atoms with E-state index in [0.717, 1.165) is 31.9 Å². The van der Waals surface area contributed by atoms with Gasteiger partial charge in [-0.05, 0) is 30.2 Å². The molecule has 0 aliphatic carbocycles. The van der Waals surface area contributed by atoms with Crippen molar-refractivity contribution in [3.63, 3.8) is 0 Å². The summed E-state index contributed by atoms with van der Waals surface area (Å²) >= 11 is 0. The Morgan fingerprint density at radius 1 is 1.05 bits per heavy atom. The fourth-order valence-corrected chi connectivity index (χ4v) is 2.63. The predicted octanol–water partition coefficient (Wildman–Crippen LogP) is 2.98. The molecule has 3 heteroatoms. The van der Waals surface area contributed by atoms with Gasteiger partial charge < -0.3 is 15.0 Å². The van der Waals surface area contributed by atoms with E-state index in [-0.39, 0.29) is 0 Å². The first-order valence-electron chi connectivity index (χ1n) is 7.56. The van der Waals surface area contributed by atoms with Crippen molar-refractivity contribution in [3.05, 3.63) is 59.7 Å². The zero-order valence-electron chi connectivity index (χ0n) is 12.5. The van der Waals surface area contributed by atoms with Gasteiger partial charge in [-0.15, -0.1) is 0 Å². The molecule has 0 saturated carbocycles. The molecular formula is C18H22N2O. The zero-order chi connectivity index (χ0) is 14.5. The van der Waals surface area contributed by atoms with E-state index in [4.69, 9.17) is 4.74 Å². The van der Waals surface area contributed by atoms with Crippen LogP contribution < -0.4 is 15.0 Å². The normalized spacial score (nSPS) is 15.0. The topological polar surface area (TPSA) is 24.5 Å². The number of nitrogens with one attached hydrogen (secondary N) is 1. The molecule has 0 aromatic heterocycles. The number of ether oxygens (including phenoxy) is 1. The van der Waals surface area contributed by atoms with Crippen LogP contribution in [-0.2, 0) is 6.61 Å². The quantitative estimate of drug-likeness (QED) is 0.933. The van der Waals surface area contributed by atoms with Gasteiger partial charge in [0.15, 0.2) is 0 Å². The number of benzene rings is 2. The average Bonchev–Trinajstić information content (AvgIpc) is 2.55. The third-order valence-electron chi connectivity index (χ3n) is 3.96. The second kappa shape index (κ2) is 6.64. The molecule has 0 unspecified atom stereocenters. The lowest BCUT2D eigenvalue weighted by Crippen LogP contribution is -2.43. The molecule has 1 saturated heterocycles. The smallest absolute Gasteiger partial charge is 0.121 e. The van der Waals surface area contributed by atoms with Crippen molar-refractivity contribution >= 4 is 5.69 Å². The molecule has 0 radical (unpaired) electrons. The highest BCUT2D eigenvalue weighted by atomic mass is 16.5. The molecule has 0 atom stereocenters. The van der Waals surface area contributed by atoms with E-state index >= 15 is 0 Å². The van der Waals surface area contributed by atoms with Crippen LogP contribution in [0.2, 0.25) is 0 Å². The molecule has 0 bridgehead atoms. The van der Waals surface area contributed by atoms with E-state index in [1.807, 2.05) is 6.07 Å². The van der Waals surface area contributed by atoms with Crippen molar-refractivity contribution in [2.24, 2.45) is 0 Å². The summed E-state index contributed by atoms with van der Waals surface area (Å²) in [5, 5.41) is 3.38. The lowest BCUT2D eigenvalue weighted by atomic mass is 10.1. The first kappa shape index (κ1) is 14.0. The van der Waals surface area contributed by atoms with Gasteiger partial charge in [-0.25, -0.2) is 0 Å². The van der Waals surface area contributed by atoms with E-state index in [1.165, 1.54) is 16.8 Å². The van der Waals surface area contributed by atoms with Crippen LogP contribution in [0.25, 0.3) is 0 Å². The molecular weight excluding hydrogens is 260 g/mol. The molecule has 1 heterocycles. The summed E-state index contributed by atoms with van der Waals surface area (Å²) < 4.78 is 5.96. The lowest BCUT2D eigenvalue weighted by Gasteiger charge is -2.29. The van der Waals surface area contributed by atoms with Crippen molar-refractivity contribution in [2.75, 3.05) is 31.1 Å². The summed E-state index contributed by atoms with van der Waals surface area (Å²) in [4.78, 5) is 2.40. The Bertz CT molecular complexity index is 591. The third kappa shape index (κ3) is 3.56. The largest absolute Gasteiger partial charge is 0.489 e. The number of piperazine rings is 1. The molecule has 1 fully saturated rings. The Kier molecular flexibility index (Phi) is 4.41. The Labute approximate surface area is 126 Å². The third-order valence-corrected chi connectivity index (χ3v) is 3.96. The van der Waals surface area contributed by atoms with Gasteiger partial charge in [0, 0.05) is 37.9 Å². The van der Waals surface area contributed by atoms with Crippen LogP contribution in [0.15, 0.2) is 48.5 Å². The monoisotopic (exact) mass is 282 g/mol. The van der Waals surface area contributed by atoms with Gasteiger partial charge >= 0.3 is 0 Å². The minimum Gasteiger partial charge on any atom is -0.489 e. The van der Waals surface area contributed by atoms with Crippen molar-refractivity contribution in [1.29, 1.82) is 0 Å². The van der Waals surface area contributed by atoms with Gasteiger partial charge in [0.1, 0.15) is 12.4 Å². The molecule has 1 aliphatic rings. The highest BCUT2D eigenvalue weighted by Gasteiger charge is 2.10. The highest BCUT2D eigenvalue weighted by molar-refractivity contribution is 5.51. The van der Waals surface area contributed by atoms with Crippen LogP contribution in [0, 0.1) is 6.92 Å². The first-order chi connectivity index (χ1) is 10.3. The summed E-state index contributed by atoms with van der Waals surface area (Å²) in [6, 6.07) is 16.8. The maximum absolute atomic E-state index is 5.96. The fraction of sp³-hybridized carbons (Fsp3) is 0.333. The summed E-state index contributed by atoms with van der Waals surface area (Å²) in [5.74, 6) is 0.939. The number of aryl methyl sites for hydroxylation is 1. The Balaban J connectivity index is 1.67. The minimum atomic E-state index is 0.623. The second-order valence-electron chi connectivity index (χ2n) is 5.45. The minimum absolute atomic E-state index is 0.623. The van der Waals surface area contributed by atoms with Gasteiger partial charge in [-0.1, -0.05) is 30.3 Å². The molecule has 1 aliphatic heterocycles. The molecule has 1 N–H and O–H groups in total. The van der Waals surface area contributed by atoms with Gasteiger partial charge in [0.25, 0.3) is 0 Å². The molecule has 110 valence electrons. The van der Waals surface area contributed by atoms with Crippen LogP contribution in [0.1, 0.15) is 11.1 Å². The van der Waals surface area contributed by atoms with Crippen LogP contribution in [0.5, 0.6) is 5.75 Å². The number of anilines is 1. The van der Waals surface area contributed by atoms with E-state index in [2.05, 4.69) is 59.6 Å². The summed E-state index contributed by atoms with van der Waals surface area (Å²) in [6.07, 6.45) is 0. The molecule has 0 spiro atoms. The Morgan fingerprint density at radius 2 is 1.86 bits per heavy atom. The Hall–Kier alpha value is -2.00. The fourth-order valence-electron chi connectivity index (χ4n) is 2.63. The molecule has 2 aromatic carbocycles. The van der Waals surface area contributed by atoms with Crippen molar-refractivity contribution in [3.8, 4) is 5.75 Å². The van der Waals surface area contributed by atoms with E-state index < -0.39 is 0 Å². The van der Waals surface area contributed by atoms with Gasteiger partial charge in [-0.2, -0.15) is 0 Å². The lowest BCUT2D eigenvalue weighted by molar-refractivity contribution is 0.305. The number of hydrogen-bond donors (Lipinski definition) is 1. The number of hydrogen-bond acceptors (Lipinski definition) is 3. The predicted molar refractivity (Wildman–Crippen MR) is 87.0 cm³/mol. The summed E-state index contributed by atoms with van der Waals surface area (Å²) in [7, 11) is 0. The van der Waals surface area contributed by atoms with Crippen molar-refractivity contribution in [1.82, 2.24) is 5.32 Å². The average molecular weight is 282 g/mol. The van der Waals surface area contributed by atoms with Crippen LogP contribution in [0.4, 0.5) is 5.69 Å². The number of rotatable bonds is 4. The van der Waals surface area contributed by atoms with Crippen LogP contribution >= 0.6 is 0 Å². The van der Waals surface area contributed by atoms with Gasteiger partial charge in [0.2, 0.25) is 0 Å². The SMILES string of the molecule is Cc1ccccc1COc1cccc(N2CCNCC2)c1. The zero-order valence-corrected chi connectivity index (χ0v) is 12.5. The van der Waals surface area contributed by atoms with Gasteiger partial charge in [-0.3, -0.25) is 0 Å². The first-order valence-corrected chi connectivity index (χ1v) is 7.56. The van der Waals surface area contributed by atoms with E-state index in [1.54, 1.807) is 0 Å². The summed E-state index contributed by atoms with van der Waals surface area (Å²) in [6.45, 7) is 6.96. The molecule has 3 nitrogen and oxygen atoms in total. The maximum Gasteiger partial charge on any atom is 0.121 e. The standard InChI is InChI=1S/C18H22N2O/c1-15-5-2-3-6-16(15)14-21-18-8-4-7-17(13-18)20-11-9-19-10-12-20/h2-8,13,19H,9-12,14H2,1H3. The second-order valence-corrected chi connectivity index (χ2v) is 5.45. The van der Waals surface area contributed by atoms with Crippen LogP contribution in [0.3, 0.4) is 0 Å². The molecule has 3 rings (SSSR count). The molecule has 21 heavy (non-hydrogen) atoms. The Morgan fingerprint density at radius 3 is 2.67 bits per heavy atom. The van der Waals surface area contributed by atoms with Crippen molar-refractivity contribution < 1.29 is 4.74 Å². The van der Waals surface area contributed by atoms with Gasteiger partial charge in [0.05, 0.1) is 0 Å². The summed E-state index contributed by atoms with van der Waals surface area (Å²) in [5.41, 5.74) is 3.76. The molecule has 0 amide bonds. The van der Waals surface area contributed by atoms with Crippen LogP contribution in [-0.4, -0.2) is 26.2 Å². The van der Waals surface area contributed by atoms with E-state index in [9.17, 15) is 0 Å². The van der Waals surface area contributed by atoms with Crippen molar-refractivity contribution in [2.45, 2.75) is 13.5 Å². The van der Waals surface area contributed by atoms with E-state index in [0.29, 0.717) is 6.61 Å².